The second kappa shape index (κ2) is 6.85. The van der Waals surface area contributed by atoms with Crippen LogP contribution in [0.25, 0.3) is 0 Å². The third kappa shape index (κ3) is 2.87. The first-order valence-corrected chi connectivity index (χ1v) is 10.9. The molecule has 2 saturated heterocycles. The minimum absolute atomic E-state index is 0.0440. The van der Waals surface area contributed by atoms with Gasteiger partial charge in [0.15, 0.2) is 0 Å². The number of H-pyrrole nitrogens is 1. The lowest BCUT2D eigenvalue weighted by molar-refractivity contribution is -0.151. The number of imidazole rings is 1. The molecule has 8 heteroatoms. The second-order valence-electron chi connectivity index (χ2n) is 9.13. The van der Waals surface area contributed by atoms with E-state index >= 15 is 0 Å². The Kier molecular flexibility index (Phi) is 4.40. The minimum atomic E-state index is -0.403. The second-order valence-corrected chi connectivity index (χ2v) is 9.13. The Hall–Kier alpha value is -2.38. The van der Waals surface area contributed by atoms with Gasteiger partial charge in [-0.2, -0.15) is 0 Å². The molecular formula is C21H29N5O3. The van der Waals surface area contributed by atoms with Crippen LogP contribution in [0.15, 0.2) is 6.33 Å². The number of piperidine rings is 1. The van der Waals surface area contributed by atoms with Crippen molar-refractivity contribution < 1.29 is 14.4 Å². The fraction of sp³-hybridized carbons (Fsp3) is 0.714. The lowest BCUT2D eigenvalue weighted by atomic mass is 9.76. The molecule has 0 bridgehead atoms. The van der Waals surface area contributed by atoms with Gasteiger partial charge in [0.1, 0.15) is 0 Å². The zero-order valence-electron chi connectivity index (χ0n) is 17.0. The lowest BCUT2D eigenvalue weighted by Gasteiger charge is -2.52. The average molecular weight is 399 g/mol. The molecule has 3 amide bonds. The van der Waals surface area contributed by atoms with E-state index in [2.05, 4.69) is 14.9 Å². The maximum atomic E-state index is 13.2. The third-order valence-corrected chi connectivity index (χ3v) is 7.57. The fourth-order valence-corrected chi connectivity index (χ4v) is 5.57. The van der Waals surface area contributed by atoms with Crippen molar-refractivity contribution in [2.45, 2.75) is 50.5 Å². The summed E-state index contributed by atoms with van der Waals surface area (Å²) in [7, 11) is 1.76. The number of carbonyl (C=O) groups excluding carboxylic acids is 3. The topological polar surface area (TPSA) is 89.6 Å². The molecule has 4 aliphatic rings. The number of nitrogens with zero attached hydrogens (tertiary/aromatic N) is 4. The zero-order valence-corrected chi connectivity index (χ0v) is 17.0. The van der Waals surface area contributed by atoms with Crippen molar-refractivity contribution >= 4 is 17.7 Å². The monoisotopic (exact) mass is 399 g/mol. The van der Waals surface area contributed by atoms with Crippen LogP contribution in [0, 0.1) is 11.8 Å². The molecule has 4 heterocycles. The first kappa shape index (κ1) is 18.6. The van der Waals surface area contributed by atoms with Crippen LogP contribution in [0.4, 0.5) is 0 Å². The summed E-state index contributed by atoms with van der Waals surface area (Å²) in [4.78, 5) is 51.6. The highest BCUT2D eigenvalue weighted by molar-refractivity contribution is 5.89. The Balaban J connectivity index is 1.36. The Morgan fingerprint density at radius 1 is 1.14 bits per heavy atom. The van der Waals surface area contributed by atoms with E-state index < -0.39 is 5.54 Å². The largest absolute Gasteiger partial charge is 0.348 e. The van der Waals surface area contributed by atoms with Gasteiger partial charge in [-0.3, -0.25) is 14.4 Å². The summed E-state index contributed by atoms with van der Waals surface area (Å²) in [6.45, 7) is 2.44. The molecule has 0 unspecified atom stereocenters. The maximum absolute atomic E-state index is 13.2. The van der Waals surface area contributed by atoms with E-state index in [1.165, 1.54) is 0 Å². The Morgan fingerprint density at radius 3 is 2.52 bits per heavy atom. The number of aromatic amines is 1. The van der Waals surface area contributed by atoms with Crippen molar-refractivity contribution in [3.8, 4) is 0 Å². The molecule has 1 aromatic rings. The van der Waals surface area contributed by atoms with E-state index in [9.17, 15) is 14.4 Å². The number of aromatic nitrogens is 2. The van der Waals surface area contributed by atoms with Gasteiger partial charge < -0.3 is 19.7 Å². The van der Waals surface area contributed by atoms with Crippen LogP contribution in [0.5, 0.6) is 0 Å². The highest BCUT2D eigenvalue weighted by atomic mass is 16.2. The quantitative estimate of drug-likeness (QED) is 0.800. The number of hydrogen-bond donors (Lipinski definition) is 1. The van der Waals surface area contributed by atoms with Crippen LogP contribution < -0.4 is 0 Å². The highest BCUT2D eigenvalue weighted by Crippen LogP contribution is 2.44. The Morgan fingerprint density at radius 2 is 1.90 bits per heavy atom. The third-order valence-electron chi connectivity index (χ3n) is 7.57. The van der Waals surface area contributed by atoms with Crippen LogP contribution in [-0.2, 0) is 26.3 Å². The van der Waals surface area contributed by atoms with Gasteiger partial charge in [0.05, 0.1) is 23.5 Å². The van der Waals surface area contributed by atoms with E-state index in [1.807, 2.05) is 4.90 Å². The van der Waals surface area contributed by atoms with Gasteiger partial charge in [-0.15, -0.1) is 0 Å². The van der Waals surface area contributed by atoms with Gasteiger partial charge >= 0.3 is 0 Å². The summed E-state index contributed by atoms with van der Waals surface area (Å²) in [5.74, 6) is 0.316. The predicted molar refractivity (Wildman–Crippen MR) is 105 cm³/mol. The molecular weight excluding hydrogens is 370 g/mol. The minimum Gasteiger partial charge on any atom is -0.348 e. The summed E-state index contributed by atoms with van der Waals surface area (Å²) >= 11 is 0. The number of likely N-dealkylation sites (tertiary alicyclic amines) is 2. The summed E-state index contributed by atoms with van der Waals surface area (Å²) < 4.78 is 0. The number of rotatable bonds is 2. The van der Waals surface area contributed by atoms with Gasteiger partial charge in [0.25, 0.3) is 0 Å². The summed E-state index contributed by atoms with van der Waals surface area (Å²) in [6.07, 6.45) is 7.42. The standard InChI is InChI=1S/C21H29N5O3/c1-24-12-15(11-17(24)27)19(28)25-9-6-21(7-10-25)18-16(22-13-23-18)5-8-26(21)20(29)14-3-2-4-14/h13-15H,2-12H2,1H3,(H,22,23)/t15-/m0/s1. The molecule has 1 saturated carbocycles. The molecule has 3 fully saturated rings. The van der Waals surface area contributed by atoms with Crippen molar-refractivity contribution in [3.05, 3.63) is 17.7 Å². The molecule has 1 aromatic heterocycles. The number of nitrogens with one attached hydrogen (secondary N) is 1. The molecule has 1 spiro atoms. The van der Waals surface area contributed by atoms with E-state index in [4.69, 9.17) is 0 Å². The van der Waals surface area contributed by atoms with Crippen molar-refractivity contribution in [2.75, 3.05) is 33.2 Å². The molecule has 0 aromatic carbocycles. The van der Waals surface area contributed by atoms with E-state index in [1.54, 1.807) is 18.3 Å². The van der Waals surface area contributed by atoms with Crippen molar-refractivity contribution in [2.24, 2.45) is 11.8 Å². The molecule has 1 atom stereocenters. The van der Waals surface area contributed by atoms with Crippen molar-refractivity contribution in [1.82, 2.24) is 24.7 Å². The van der Waals surface area contributed by atoms with Gasteiger partial charge in [-0.25, -0.2) is 4.98 Å². The molecule has 5 rings (SSSR count). The average Bonchev–Trinajstić information content (AvgIpc) is 3.28. The first-order chi connectivity index (χ1) is 14.0. The molecule has 1 N–H and O–H groups in total. The zero-order chi connectivity index (χ0) is 20.2. The van der Waals surface area contributed by atoms with E-state index in [0.29, 0.717) is 38.9 Å². The van der Waals surface area contributed by atoms with Crippen LogP contribution >= 0.6 is 0 Å². The normalized spacial score (nSPS) is 26.6. The molecule has 3 aliphatic heterocycles. The number of fused-ring (bicyclic) bond motifs is 2. The van der Waals surface area contributed by atoms with E-state index in [-0.39, 0.29) is 29.6 Å². The van der Waals surface area contributed by atoms with Crippen LogP contribution in [-0.4, -0.2) is 75.6 Å². The van der Waals surface area contributed by atoms with Gasteiger partial charge in [0.2, 0.25) is 17.7 Å². The summed E-state index contributed by atoms with van der Waals surface area (Å²) in [5, 5.41) is 0. The number of carbonyl (C=O) groups is 3. The van der Waals surface area contributed by atoms with Crippen molar-refractivity contribution in [1.29, 1.82) is 0 Å². The number of amides is 3. The Labute approximate surface area is 170 Å². The predicted octanol–water partition coefficient (Wildman–Crippen LogP) is 0.891. The molecule has 0 radical (unpaired) electrons. The van der Waals surface area contributed by atoms with Gasteiger partial charge in [0, 0.05) is 57.7 Å². The van der Waals surface area contributed by atoms with Gasteiger partial charge in [-0.1, -0.05) is 6.42 Å². The van der Waals surface area contributed by atoms with Crippen LogP contribution in [0.2, 0.25) is 0 Å². The highest BCUT2D eigenvalue weighted by Gasteiger charge is 2.51. The maximum Gasteiger partial charge on any atom is 0.227 e. The lowest BCUT2D eigenvalue weighted by Crippen LogP contribution is -2.60. The number of hydrogen-bond acceptors (Lipinski definition) is 4. The first-order valence-electron chi connectivity index (χ1n) is 10.9. The summed E-state index contributed by atoms with van der Waals surface area (Å²) in [5.41, 5.74) is 1.73. The SMILES string of the molecule is CN1C[C@@H](C(=O)N2CCC3(CC2)c2nc[nH]c2CCN3C(=O)C2CCC2)CC1=O. The Bertz CT molecular complexity index is 837. The molecule has 29 heavy (non-hydrogen) atoms. The molecule has 8 nitrogen and oxygen atoms in total. The van der Waals surface area contributed by atoms with Crippen LogP contribution in [0.1, 0.15) is 49.9 Å². The fourth-order valence-electron chi connectivity index (χ4n) is 5.57. The van der Waals surface area contributed by atoms with Crippen molar-refractivity contribution in [3.63, 3.8) is 0 Å². The summed E-state index contributed by atoms with van der Waals surface area (Å²) in [6, 6.07) is 0. The van der Waals surface area contributed by atoms with Crippen LogP contribution in [0.3, 0.4) is 0 Å². The molecule has 1 aliphatic carbocycles. The molecule has 156 valence electrons. The van der Waals surface area contributed by atoms with E-state index in [0.717, 1.165) is 43.6 Å². The van der Waals surface area contributed by atoms with Gasteiger partial charge in [-0.05, 0) is 25.7 Å². The smallest absolute Gasteiger partial charge is 0.227 e.